The van der Waals surface area contributed by atoms with Gasteiger partial charge in [-0.15, -0.1) is 0 Å². The molecule has 0 aromatic heterocycles. The standard InChI is InChI=1S/C13H19NO3/c1-13(2,9-17-3)14-12(16)11(15)10-7-5-4-6-8-10/h4-8,11,15H,9H2,1-3H3,(H,14,16)/t11-/m1/s1. The Balaban J connectivity index is 2.65. The zero-order valence-corrected chi connectivity index (χ0v) is 10.4. The van der Waals surface area contributed by atoms with E-state index >= 15 is 0 Å². The van der Waals surface area contributed by atoms with Crippen molar-refractivity contribution in [2.45, 2.75) is 25.5 Å². The molecule has 0 radical (unpaired) electrons. The fourth-order valence-corrected chi connectivity index (χ4v) is 1.59. The molecule has 0 unspecified atom stereocenters. The third-order valence-electron chi connectivity index (χ3n) is 2.33. The maximum Gasteiger partial charge on any atom is 0.253 e. The first-order chi connectivity index (χ1) is 7.96. The maximum atomic E-state index is 11.8. The van der Waals surface area contributed by atoms with Crippen LogP contribution in [0.25, 0.3) is 0 Å². The van der Waals surface area contributed by atoms with Crippen LogP contribution in [0.1, 0.15) is 25.5 Å². The third kappa shape index (κ3) is 4.17. The molecular weight excluding hydrogens is 218 g/mol. The number of ether oxygens (including phenoxy) is 1. The number of hydrogen-bond donors (Lipinski definition) is 2. The number of benzene rings is 1. The molecule has 94 valence electrons. The number of nitrogens with one attached hydrogen (secondary N) is 1. The Hall–Kier alpha value is -1.39. The molecule has 0 aliphatic carbocycles. The molecule has 0 saturated heterocycles. The van der Waals surface area contributed by atoms with Crippen LogP contribution in [0.5, 0.6) is 0 Å². The number of carbonyl (C=O) groups excluding carboxylic acids is 1. The minimum atomic E-state index is -1.15. The highest BCUT2D eigenvalue weighted by atomic mass is 16.5. The highest BCUT2D eigenvalue weighted by Gasteiger charge is 2.25. The summed E-state index contributed by atoms with van der Waals surface area (Å²) in [5.74, 6) is -0.418. The zero-order valence-electron chi connectivity index (χ0n) is 10.4. The summed E-state index contributed by atoms with van der Waals surface area (Å²) in [4.78, 5) is 11.8. The number of rotatable bonds is 5. The van der Waals surface area contributed by atoms with E-state index in [1.807, 2.05) is 19.9 Å². The number of hydrogen-bond acceptors (Lipinski definition) is 3. The van der Waals surface area contributed by atoms with Gasteiger partial charge in [-0.3, -0.25) is 4.79 Å². The molecule has 4 heteroatoms. The van der Waals surface area contributed by atoms with Crippen molar-refractivity contribution in [2.24, 2.45) is 0 Å². The van der Waals surface area contributed by atoms with E-state index in [0.717, 1.165) is 0 Å². The summed E-state index contributed by atoms with van der Waals surface area (Å²) in [6, 6.07) is 8.84. The predicted octanol–water partition coefficient (Wildman–Crippen LogP) is 1.26. The molecule has 0 spiro atoms. The van der Waals surface area contributed by atoms with E-state index < -0.39 is 17.6 Å². The maximum absolute atomic E-state index is 11.8. The van der Waals surface area contributed by atoms with Crippen molar-refractivity contribution < 1.29 is 14.6 Å². The molecule has 17 heavy (non-hydrogen) atoms. The van der Waals surface area contributed by atoms with Crippen LogP contribution in [0, 0.1) is 0 Å². The van der Waals surface area contributed by atoms with E-state index in [9.17, 15) is 9.90 Å². The molecule has 0 heterocycles. The average molecular weight is 237 g/mol. The largest absolute Gasteiger partial charge is 0.382 e. The van der Waals surface area contributed by atoms with Gasteiger partial charge in [-0.25, -0.2) is 0 Å². The number of methoxy groups -OCH3 is 1. The molecule has 1 rings (SSSR count). The minimum absolute atomic E-state index is 0.389. The van der Waals surface area contributed by atoms with Gasteiger partial charge in [0.2, 0.25) is 0 Å². The Morgan fingerprint density at radius 1 is 1.41 bits per heavy atom. The second kappa shape index (κ2) is 5.80. The molecule has 1 aromatic carbocycles. The van der Waals surface area contributed by atoms with Crippen LogP contribution in [0.2, 0.25) is 0 Å². The monoisotopic (exact) mass is 237 g/mol. The van der Waals surface area contributed by atoms with Crippen LogP contribution in [0.4, 0.5) is 0 Å². The fraction of sp³-hybridized carbons (Fsp3) is 0.462. The van der Waals surface area contributed by atoms with Gasteiger partial charge in [0, 0.05) is 7.11 Å². The molecule has 0 saturated carbocycles. The zero-order chi connectivity index (χ0) is 12.9. The van der Waals surface area contributed by atoms with Crippen molar-refractivity contribution in [1.82, 2.24) is 5.32 Å². The third-order valence-corrected chi connectivity index (χ3v) is 2.33. The SMILES string of the molecule is COCC(C)(C)NC(=O)[C@H](O)c1ccccc1. The van der Waals surface area contributed by atoms with Gasteiger partial charge in [0.15, 0.2) is 6.10 Å². The van der Waals surface area contributed by atoms with Crippen LogP contribution in [0.15, 0.2) is 30.3 Å². The summed E-state index contributed by atoms with van der Waals surface area (Å²) in [6.07, 6.45) is -1.15. The van der Waals surface area contributed by atoms with E-state index in [2.05, 4.69) is 5.32 Å². The van der Waals surface area contributed by atoms with E-state index in [0.29, 0.717) is 12.2 Å². The topological polar surface area (TPSA) is 58.6 Å². The Labute approximate surface area is 102 Å². The van der Waals surface area contributed by atoms with E-state index in [-0.39, 0.29) is 0 Å². The van der Waals surface area contributed by atoms with E-state index in [4.69, 9.17) is 4.74 Å². The van der Waals surface area contributed by atoms with Crippen LogP contribution in [0.3, 0.4) is 0 Å². The predicted molar refractivity (Wildman–Crippen MR) is 65.5 cm³/mol. The van der Waals surface area contributed by atoms with Gasteiger partial charge in [0.05, 0.1) is 12.1 Å². The Morgan fingerprint density at radius 2 is 2.00 bits per heavy atom. The Bertz CT molecular complexity index is 362. The molecule has 0 fully saturated rings. The quantitative estimate of drug-likeness (QED) is 0.810. The Kier molecular flexibility index (Phi) is 4.66. The van der Waals surface area contributed by atoms with Crippen molar-refractivity contribution in [2.75, 3.05) is 13.7 Å². The normalized spacial score (nSPS) is 13.2. The van der Waals surface area contributed by atoms with Gasteiger partial charge < -0.3 is 15.2 Å². The molecule has 1 amide bonds. The first kappa shape index (κ1) is 13.7. The van der Waals surface area contributed by atoms with Crippen molar-refractivity contribution in [1.29, 1.82) is 0 Å². The van der Waals surface area contributed by atoms with E-state index in [1.54, 1.807) is 31.4 Å². The van der Waals surface area contributed by atoms with Crippen LogP contribution in [-0.2, 0) is 9.53 Å². The van der Waals surface area contributed by atoms with Crippen molar-refractivity contribution in [3.05, 3.63) is 35.9 Å². The number of carbonyl (C=O) groups is 1. The van der Waals surface area contributed by atoms with E-state index in [1.165, 1.54) is 0 Å². The fourth-order valence-electron chi connectivity index (χ4n) is 1.59. The highest BCUT2D eigenvalue weighted by Crippen LogP contribution is 2.14. The summed E-state index contributed by atoms with van der Waals surface area (Å²) in [5.41, 5.74) is 0.0833. The van der Waals surface area contributed by atoms with Gasteiger partial charge in [0.25, 0.3) is 5.91 Å². The lowest BCUT2D eigenvalue weighted by Crippen LogP contribution is -2.48. The highest BCUT2D eigenvalue weighted by molar-refractivity contribution is 5.82. The Morgan fingerprint density at radius 3 is 2.53 bits per heavy atom. The second-order valence-electron chi connectivity index (χ2n) is 4.62. The molecule has 4 nitrogen and oxygen atoms in total. The lowest BCUT2D eigenvalue weighted by atomic mass is 10.0. The summed E-state index contributed by atoms with van der Waals surface area (Å²) in [6.45, 7) is 4.07. The summed E-state index contributed by atoms with van der Waals surface area (Å²) in [5, 5.41) is 12.6. The van der Waals surface area contributed by atoms with Gasteiger partial charge in [0.1, 0.15) is 0 Å². The average Bonchev–Trinajstić information content (AvgIpc) is 2.28. The van der Waals surface area contributed by atoms with Gasteiger partial charge >= 0.3 is 0 Å². The smallest absolute Gasteiger partial charge is 0.253 e. The lowest BCUT2D eigenvalue weighted by molar-refractivity contribution is -0.131. The minimum Gasteiger partial charge on any atom is -0.382 e. The van der Waals surface area contributed by atoms with Gasteiger partial charge in [-0.1, -0.05) is 30.3 Å². The molecular formula is C13H19NO3. The molecule has 0 bridgehead atoms. The number of amides is 1. The first-order valence-electron chi connectivity index (χ1n) is 5.50. The van der Waals surface area contributed by atoms with Crippen LogP contribution < -0.4 is 5.32 Å². The molecule has 0 aliphatic heterocycles. The van der Waals surface area contributed by atoms with Crippen molar-refractivity contribution in [3.8, 4) is 0 Å². The van der Waals surface area contributed by atoms with Crippen LogP contribution in [-0.4, -0.2) is 30.3 Å². The summed E-state index contributed by atoms with van der Waals surface area (Å²) < 4.78 is 5.00. The van der Waals surface area contributed by atoms with Gasteiger partial charge in [-0.05, 0) is 19.4 Å². The number of aliphatic hydroxyl groups excluding tert-OH is 1. The second-order valence-corrected chi connectivity index (χ2v) is 4.62. The van der Waals surface area contributed by atoms with Gasteiger partial charge in [-0.2, -0.15) is 0 Å². The van der Waals surface area contributed by atoms with Crippen LogP contribution >= 0.6 is 0 Å². The lowest BCUT2D eigenvalue weighted by Gasteiger charge is -2.26. The summed E-state index contributed by atoms with van der Waals surface area (Å²) >= 11 is 0. The first-order valence-corrected chi connectivity index (χ1v) is 5.50. The molecule has 1 atom stereocenters. The summed E-state index contributed by atoms with van der Waals surface area (Å²) in [7, 11) is 1.57. The molecule has 0 aliphatic rings. The molecule has 2 N–H and O–H groups in total. The molecule has 1 aromatic rings. The van der Waals surface area contributed by atoms with Crippen molar-refractivity contribution in [3.63, 3.8) is 0 Å². The number of aliphatic hydroxyl groups is 1. The van der Waals surface area contributed by atoms with Crippen molar-refractivity contribution >= 4 is 5.91 Å².